The molecule has 0 aliphatic carbocycles. The molecule has 2 N–H and O–H groups in total. The Hall–Kier alpha value is -1.96. The van der Waals surface area contributed by atoms with Crippen molar-refractivity contribution in [1.29, 1.82) is 0 Å². The average Bonchev–Trinajstić information content (AvgIpc) is 3.21. The van der Waals surface area contributed by atoms with E-state index in [1.165, 1.54) is 11.3 Å². The van der Waals surface area contributed by atoms with Crippen molar-refractivity contribution in [1.82, 2.24) is 10.2 Å². The number of likely N-dealkylation sites (tertiary alicyclic amines) is 1. The Morgan fingerprint density at radius 3 is 2.68 bits per heavy atom. The molecule has 2 aliphatic heterocycles. The van der Waals surface area contributed by atoms with E-state index >= 15 is 0 Å². The molecule has 3 rings (SSSR count). The molecule has 22 heavy (non-hydrogen) atoms. The van der Waals surface area contributed by atoms with Gasteiger partial charge in [0, 0.05) is 19.2 Å². The monoisotopic (exact) mass is 329 g/mol. The smallest absolute Gasteiger partial charge is 0.290 e. The minimum atomic E-state index is -2.50. The van der Waals surface area contributed by atoms with E-state index in [0.717, 1.165) is 36.5 Å². The van der Waals surface area contributed by atoms with Gasteiger partial charge < -0.3 is 15.3 Å². The van der Waals surface area contributed by atoms with Crippen LogP contribution in [0.5, 0.6) is 0 Å². The number of thiophene rings is 1. The van der Waals surface area contributed by atoms with E-state index in [1.807, 2.05) is 23.6 Å². The maximum absolute atomic E-state index is 13.0. The SMILES string of the molecule is FC(F)C1N=C(N2CCCC2)C=C(c2cccs2)N1.O=CO. The zero-order valence-electron chi connectivity index (χ0n) is 11.8. The predicted molar refractivity (Wildman–Crippen MR) is 82.2 cm³/mol. The quantitative estimate of drug-likeness (QED) is 0.818. The first-order valence-electron chi connectivity index (χ1n) is 6.86. The van der Waals surface area contributed by atoms with Gasteiger partial charge in [0.1, 0.15) is 5.84 Å². The molecule has 1 aromatic heterocycles. The number of aliphatic imine (C=N–C) groups is 1. The van der Waals surface area contributed by atoms with E-state index in [-0.39, 0.29) is 6.47 Å². The normalized spacial score (nSPS) is 20.7. The lowest BCUT2D eigenvalue weighted by Gasteiger charge is -2.27. The van der Waals surface area contributed by atoms with Crippen LogP contribution in [0.25, 0.3) is 5.70 Å². The van der Waals surface area contributed by atoms with Crippen LogP contribution in [0.15, 0.2) is 28.6 Å². The summed E-state index contributed by atoms with van der Waals surface area (Å²) in [6.45, 7) is 1.56. The highest BCUT2D eigenvalue weighted by atomic mass is 32.1. The average molecular weight is 329 g/mol. The molecule has 1 fully saturated rings. The van der Waals surface area contributed by atoms with Gasteiger partial charge >= 0.3 is 0 Å². The number of halogens is 2. The van der Waals surface area contributed by atoms with Gasteiger partial charge in [-0.05, 0) is 24.3 Å². The van der Waals surface area contributed by atoms with Gasteiger partial charge in [-0.1, -0.05) is 6.07 Å². The van der Waals surface area contributed by atoms with E-state index in [0.29, 0.717) is 5.84 Å². The summed E-state index contributed by atoms with van der Waals surface area (Å²) in [5.74, 6) is 0.685. The highest BCUT2D eigenvalue weighted by molar-refractivity contribution is 7.11. The zero-order valence-corrected chi connectivity index (χ0v) is 12.6. The predicted octanol–water partition coefficient (Wildman–Crippen LogP) is 2.48. The Labute approximate surface area is 131 Å². The number of carboxylic acid groups (broad SMARTS) is 1. The number of carbonyl (C=O) groups is 1. The number of hydrogen-bond donors (Lipinski definition) is 2. The summed E-state index contributed by atoms with van der Waals surface area (Å²) in [6, 6.07) is 3.85. The van der Waals surface area contributed by atoms with Gasteiger partial charge in [-0.25, -0.2) is 13.8 Å². The maximum atomic E-state index is 13.0. The van der Waals surface area contributed by atoms with E-state index in [2.05, 4.69) is 15.2 Å². The first kappa shape index (κ1) is 16.4. The van der Waals surface area contributed by atoms with Crippen molar-refractivity contribution < 1.29 is 18.7 Å². The lowest BCUT2D eigenvalue weighted by atomic mass is 10.2. The van der Waals surface area contributed by atoms with Crippen molar-refractivity contribution in [2.45, 2.75) is 25.4 Å². The molecule has 120 valence electrons. The van der Waals surface area contributed by atoms with Crippen LogP contribution in [0.4, 0.5) is 8.78 Å². The summed E-state index contributed by atoms with van der Waals surface area (Å²) >= 11 is 1.54. The molecular weight excluding hydrogens is 312 g/mol. The van der Waals surface area contributed by atoms with Crippen molar-refractivity contribution in [3.63, 3.8) is 0 Å². The van der Waals surface area contributed by atoms with Crippen molar-refractivity contribution >= 4 is 29.3 Å². The molecule has 1 saturated heterocycles. The van der Waals surface area contributed by atoms with Crippen molar-refractivity contribution in [2.24, 2.45) is 4.99 Å². The molecule has 2 aliphatic rings. The fraction of sp³-hybridized carbons (Fsp3) is 0.429. The molecule has 0 saturated carbocycles. The lowest BCUT2D eigenvalue weighted by molar-refractivity contribution is -0.122. The molecule has 1 atom stereocenters. The van der Waals surface area contributed by atoms with Gasteiger partial charge in [-0.3, -0.25) is 4.79 Å². The minimum absolute atomic E-state index is 0.250. The number of amidine groups is 1. The Bertz CT molecular complexity index is 540. The van der Waals surface area contributed by atoms with Crippen LogP contribution in [-0.4, -0.2) is 48.0 Å². The summed E-state index contributed by atoms with van der Waals surface area (Å²) in [5.41, 5.74) is 0.747. The molecule has 1 unspecified atom stereocenters. The molecule has 1 aromatic rings. The van der Waals surface area contributed by atoms with Crippen molar-refractivity contribution in [3.8, 4) is 0 Å². The summed E-state index contributed by atoms with van der Waals surface area (Å²) < 4.78 is 26.0. The maximum Gasteiger partial charge on any atom is 0.290 e. The fourth-order valence-electron chi connectivity index (χ4n) is 2.35. The third-order valence-corrected chi connectivity index (χ3v) is 4.21. The fourth-order valence-corrected chi connectivity index (χ4v) is 3.06. The summed E-state index contributed by atoms with van der Waals surface area (Å²) in [7, 11) is 0. The van der Waals surface area contributed by atoms with Crippen LogP contribution in [0, 0.1) is 0 Å². The Kier molecular flexibility index (Phi) is 5.88. The van der Waals surface area contributed by atoms with E-state index < -0.39 is 12.6 Å². The summed E-state index contributed by atoms with van der Waals surface area (Å²) in [5, 5.41) is 11.6. The Morgan fingerprint density at radius 2 is 2.14 bits per heavy atom. The second-order valence-corrected chi connectivity index (χ2v) is 5.69. The second-order valence-electron chi connectivity index (χ2n) is 4.75. The second kappa shape index (κ2) is 7.88. The summed E-state index contributed by atoms with van der Waals surface area (Å²) in [4.78, 5) is 15.6. The molecule has 8 heteroatoms. The Balaban J connectivity index is 0.000000545. The van der Waals surface area contributed by atoms with Gasteiger partial charge in [0.25, 0.3) is 12.9 Å². The third-order valence-electron chi connectivity index (χ3n) is 3.30. The summed E-state index contributed by atoms with van der Waals surface area (Å²) in [6.07, 6.45) is 0.455. The van der Waals surface area contributed by atoms with Gasteiger partial charge in [-0.15, -0.1) is 11.3 Å². The largest absolute Gasteiger partial charge is 0.483 e. The molecule has 5 nitrogen and oxygen atoms in total. The minimum Gasteiger partial charge on any atom is -0.483 e. The van der Waals surface area contributed by atoms with Crippen LogP contribution in [0.2, 0.25) is 0 Å². The van der Waals surface area contributed by atoms with Crippen LogP contribution in [-0.2, 0) is 4.79 Å². The van der Waals surface area contributed by atoms with Crippen LogP contribution < -0.4 is 5.32 Å². The molecule has 3 heterocycles. The third kappa shape index (κ3) is 4.03. The number of nitrogens with zero attached hydrogens (tertiary/aromatic N) is 2. The zero-order chi connectivity index (χ0) is 15.9. The number of hydrogen-bond acceptors (Lipinski definition) is 5. The molecule has 0 radical (unpaired) electrons. The number of alkyl halides is 2. The van der Waals surface area contributed by atoms with Gasteiger partial charge in [0.05, 0.1) is 10.6 Å². The number of nitrogens with one attached hydrogen (secondary N) is 1. The Morgan fingerprint density at radius 1 is 1.45 bits per heavy atom. The van der Waals surface area contributed by atoms with Crippen molar-refractivity contribution in [2.75, 3.05) is 13.1 Å². The standard InChI is InChI=1S/C13H15F2N3S.CH2O2/c14-12(15)13-16-9(10-4-3-7-19-10)8-11(17-13)18-5-1-2-6-18;2-1-3/h3-4,7-8,12-13,16H,1-2,5-6H2;1H,(H,2,3). The van der Waals surface area contributed by atoms with Crippen LogP contribution in [0.3, 0.4) is 0 Å². The van der Waals surface area contributed by atoms with Crippen molar-refractivity contribution in [3.05, 3.63) is 28.5 Å². The van der Waals surface area contributed by atoms with E-state index in [1.54, 1.807) is 0 Å². The molecule has 0 spiro atoms. The van der Waals surface area contributed by atoms with Crippen LogP contribution >= 0.6 is 11.3 Å². The van der Waals surface area contributed by atoms with Gasteiger partial charge in [0.2, 0.25) is 0 Å². The van der Waals surface area contributed by atoms with Gasteiger partial charge in [0.15, 0.2) is 6.17 Å². The highest BCUT2D eigenvalue weighted by Crippen LogP contribution is 2.24. The lowest BCUT2D eigenvalue weighted by Crippen LogP contribution is -2.40. The first-order chi connectivity index (χ1) is 10.7. The van der Waals surface area contributed by atoms with Crippen LogP contribution in [0.1, 0.15) is 17.7 Å². The molecule has 0 amide bonds. The first-order valence-corrected chi connectivity index (χ1v) is 7.74. The highest BCUT2D eigenvalue weighted by Gasteiger charge is 2.27. The van der Waals surface area contributed by atoms with E-state index in [9.17, 15) is 8.78 Å². The van der Waals surface area contributed by atoms with E-state index in [4.69, 9.17) is 9.90 Å². The molecular formula is C14H17F2N3O2S. The number of rotatable bonds is 2. The molecule has 0 aromatic carbocycles. The van der Waals surface area contributed by atoms with Gasteiger partial charge in [-0.2, -0.15) is 0 Å². The topological polar surface area (TPSA) is 64.9 Å². The molecule has 0 bridgehead atoms.